The Kier molecular flexibility index (Phi) is 4.55. The molecule has 0 aliphatic heterocycles. The van der Waals surface area contributed by atoms with E-state index in [0.29, 0.717) is 5.57 Å². The molecular weight excluding hydrogens is 232 g/mol. The number of aliphatic hydroxyl groups is 1. The molecule has 0 fully saturated rings. The summed E-state index contributed by atoms with van der Waals surface area (Å²) < 4.78 is 0. The lowest BCUT2D eigenvalue weighted by Crippen LogP contribution is -1.98. The zero-order valence-corrected chi connectivity index (χ0v) is 10.7. The van der Waals surface area contributed by atoms with E-state index in [4.69, 9.17) is 6.42 Å². The monoisotopic (exact) mass is 248 g/mol. The minimum absolute atomic E-state index is 0.104. The first-order valence-electron chi connectivity index (χ1n) is 6.24. The lowest BCUT2D eigenvalue weighted by molar-refractivity contribution is 0.336. The van der Waals surface area contributed by atoms with Crippen LogP contribution >= 0.6 is 0 Å². The van der Waals surface area contributed by atoms with Crippen LogP contribution in [0.3, 0.4) is 0 Å². The van der Waals surface area contributed by atoms with Gasteiger partial charge in [0.15, 0.2) is 0 Å². The van der Waals surface area contributed by atoms with Gasteiger partial charge in [-0.05, 0) is 23.1 Å². The maximum Gasteiger partial charge on any atom is 0.0763 e. The van der Waals surface area contributed by atoms with E-state index in [1.54, 1.807) is 0 Å². The lowest BCUT2D eigenvalue weighted by atomic mass is 9.94. The predicted octanol–water partition coefficient (Wildman–Crippen LogP) is 3.31. The summed E-state index contributed by atoms with van der Waals surface area (Å²) >= 11 is 0. The van der Waals surface area contributed by atoms with E-state index < -0.39 is 0 Å². The second kappa shape index (κ2) is 6.58. The Hall–Kier alpha value is -2.30. The maximum absolute atomic E-state index is 9.44. The number of terminal acetylenes is 1. The predicted molar refractivity (Wildman–Crippen MR) is 79.4 cm³/mol. The largest absolute Gasteiger partial charge is 0.391 e. The van der Waals surface area contributed by atoms with Crippen LogP contribution in [0.25, 0.3) is 5.57 Å². The molecule has 19 heavy (non-hydrogen) atoms. The third-order valence-electron chi connectivity index (χ3n) is 3.04. The van der Waals surface area contributed by atoms with Crippen molar-refractivity contribution < 1.29 is 5.11 Å². The molecule has 2 rings (SSSR count). The van der Waals surface area contributed by atoms with Crippen LogP contribution < -0.4 is 0 Å². The van der Waals surface area contributed by atoms with Crippen molar-refractivity contribution in [2.75, 3.05) is 6.61 Å². The first kappa shape index (κ1) is 13.1. The molecule has 0 aromatic heterocycles. The number of allylic oxidation sites excluding steroid dienone is 1. The van der Waals surface area contributed by atoms with Crippen LogP contribution in [0.2, 0.25) is 0 Å². The van der Waals surface area contributed by atoms with E-state index in [-0.39, 0.29) is 6.61 Å². The van der Waals surface area contributed by atoms with E-state index in [9.17, 15) is 5.11 Å². The zero-order chi connectivity index (χ0) is 13.5. The summed E-state index contributed by atoms with van der Waals surface area (Å²) in [5, 5.41) is 9.44. The Balaban J connectivity index is 2.43. The Morgan fingerprint density at radius 3 is 2.05 bits per heavy atom. The highest BCUT2D eigenvalue weighted by molar-refractivity contribution is 5.74. The van der Waals surface area contributed by atoms with Crippen LogP contribution in [-0.2, 0) is 6.42 Å². The highest BCUT2D eigenvalue weighted by atomic mass is 16.3. The Morgan fingerprint density at radius 1 is 0.947 bits per heavy atom. The number of benzene rings is 2. The summed E-state index contributed by atoms with van der Waals surface area (Å²) in [4.78, 5) is 0. The van der Waals surface area contributed by atoms with Crippen molar-refractivity contribution in [1.82, 2.24) is 0 Å². The van der Waals surface area contributed by atoms with Crippen molar-refractivity contribution >= 4 is 5.57 Å². The van der Waals surface area contributed by atoms with Crippen LogP contribution in [0.15, 0.2) is 66.2 Å². The molecule has 0 amide bonds. The number of hydrogen-bond acceptors (Lipinski definition) is 1. The van der Waals surface area contributed by atoms with Crippen LogP contribution in [0.1, 0.15) is 11.1 Å². The molecule has 1 heteroatoms. The summed E-state index contributed by atoms with van der Waals surface area (Å²) in [5.74, 6) is 2.60. The maximum atomic E-state index is 9.44. The minimum atomic E-state index is -0.104. The van der Waals surface area contributed by atoms with Crippen molar-refractivity contribution in [1.29, 1.82) is 0 Å². The lowest BCUT2D eigenvalue weighted by Gasteiger charge is -2.11. The Labute approximate surface area is 114 Å². The molecule has 1 nitrogen and oxygen atoms in total. The van der Waals surface area contributed by atoms with Crippen LogP contribution in [0.5, 0.6) is 0 Å². The van der Waals surface area contributed by atoms with Gasteiger partial charge < -0.3 is 5.11 Å². The Bertz CT molecular complexity index is 589. The van der Waals surface area contributed by atoms with Gasteiger partial charge in [-0.3, -0.25) is 0 Å². The molecule has 0 radical (unpaired) electrons. The van der Waals surface area contributed by atoms with E-state index in [0.717, 1.165) is 17.6 Å². The molecule has 0 spiro atoms. The van der Waals surface area contributed by atoms with Gasteiger partial charge in [0.1, 0.15) is 0 Å². The van der Waals surface area contributed by atoms with Crippen molar-refractivity contribution in [3.63, 3.8) is 0 Å². The average Bonchev–Trinajstić information content (AvgIpc) is 2.49. The van der Waals surface area contributed by atoms with Crippen molar-refractivity contribution in [3.05, 3.63) is 77.4 Å². The molecule has 0 heterocycles. The van der Waals surface area contributed by atoms with Crippen molar-refractivity contribution in [2.45, 2.75) is 6.42 Å². The third kappa shape index (κ3) is 3.34. The Morgan fingerprint density at radius 2 is 1.53 bits per heavy atom. The number of hydrogen-bond donors (Lipinski definition) is 1. The van der Waals surface area contributed by atoms with Gasteiger partial charge >= 0.3 is 0 Å². The molecule has 2 aromatic rings. The first-order chi connectivity index (χ1) is 9.35. The standard InChI is InChI=1S/C18H16O/c1-2-16(14-19)18(17-11-7-4-8-12-17)13-15-9-5-3-6-10-15/h1,3-12,19H,13-14H2/b18-16+. The molecule has 0 saturated heterocycles. The van der Waals surface area contributed by atoms with Gasteiger partial charge in [-0.25, -0.2) is 0 Å². The van der Waals surface area contributed by atoms with Crippen LogP contribution in [0, 0.1) is 12.3 Å². The van der Waals surface area contributed by atoms with Crippen LogP contribution in [0.4, 0.5) is 0 Å². The molecule has 0 atom stereocenters. The normalized spacial score (nSPS) is 11.6. The SMILES string of the molecule is C#C/C(CO)=C(/Cc1ccccc1)c1ccccc1. The van der Waals surface area contributed by atoms with Gasteiger partial charge in [0.25, 0.3) is 0 Å². The number of aliphatic hydroxyl groups excluding tert-OH is 1. The molecule has 94 valence electrons. The summed E-state index contributed by atoms with van der Waals surface area (Å²) in [6, 6.07) is 20.1. The molecule has 0 bridgehead atoms. The van der Waals surface area contributed by atoms with E-state index >= 15 is 0 Å². The fourth-order valence-electron chi connectivity index (χ4n) is 2.05. The fraction of sp³-hybridized carbons (Fsp3) is 0.111. The van der Waals surface area contributed by atoms with E-state index in [2.05, 4.69) is 18.1 Å². The summed E-state index contributed by atoms with van der Waals surface area (Å²) in [5.41, 5.74) is 3.91. The topological polar surface area (TPSA) is 20.2 Å². The van der Waals surface area contributed by atoms with Gasteiger partial charge in [0.2, 0.25) is 0 Å². The summed E-state index contributed by atoms with van der Waals surface area (Å²) in [6.07, 6.45) is 6.23. The molecule has 1 N–H and O–H groups in total. The van der Waals surface area contributed by atoms with Gasteiger partial charge in [-0.2, -0.15) is 0 Å². The average molecular weight is 248 g/mol. The molecule has 0 aliphatic rings. The first-order valence-corrected chi connectivity index (χ1v) is 6.24. The second-order valence-corrected chi connectivity index (χ2v) is 4.29. The minimum Gasteiger partial charge on any atom is -0.391 e. The second-order valence-electron chi connectivity index (χ2n) is 4.29. The summed E-state index contributed by atoms with van der Waals surface area (Å²) in [6.45, 7) is -0.104. The highest BCUT2D eigenvalue weighted by Gasteiger charge is 2.08. The van der Waals surface area contributed by atoms with Gasteiger partial charge in [-0.15, -0.1) is 6.42 Å². The smallest absolute Gasteiger partial charge is 0.0763 e. The van der Waals surface area contributed by atoms with Crippen molar-refractivity contribution in [3.8, 4) is 12.3 Å². The third-order valence-corrected chi connectivity index (χ3v) is 3.04. The zero-order valence-electron chi connectivity index (χ0n) is 10.7. The van der Waals surface area contributed by atoms with E-state index in [1.807, 2.05) is 48.5 Å². The molecule has 0 unspecified atom stereocenters. The molecule has 2 aromatic carbocycles. The van der Waals surface area contributed by atoms with Crippen molar-refractivity contribution in [2.24, 2.45) is 0 Å². The number of rotatable bonds is 4. The summed E-state index contributed by atoms with van der Waals surface area (Å²) in [7, 11) is 0. The van der Waals surface area contributed by atoms with Gasteiger partial charge in [0.05, 0.1) is 6.61 Å². The van der Waals surface area contributed by atoms with Gasteiger partial charge in [-0.1, -0.05) is 66.6 Å². The fourth-order valence-corrected chi connectivity index (χ4v) is 2.05. The highest BCUT2D eigenvalue weighted by Crippen LogP contribution is 2.23. The molecule has 0 aliphatic carbocycles. The van der Waals surface area contributed by atoms with Crippen LogP contribution in [-0.4, -0.2) is 11.7 Å². The molecular formula is C18H16O. The van der Waals surface area contributed by atoms with Gasteiger partial charge in [0, 0.05) is 5.57 Å². The molecule has 0 saturated carbocycles. The quantitative estimate of drug-likeness (QED) is 0.823. The van der Waals surface area contributed by atoms with E-state index in [1.165, 1.54) is 5.56 Å².